The highest BCUT2D eigenvalue weighted by Crippen LogP contribution is 2.34. The number of hydrogen-bond donors (Lipinski definition) is 2. The molecule has 0 aliphatic carbocycles. The van der Waals surface area contributed by atoms with Crippen LogP contribution in [0.2, 0.25) is 5.02 Å². The van der Waals surface area contributed by atoms with Crippen LogP contribution in [-0.2, 0) is 16.0 Å². The Morgan fingerprint density at radius 2 is 1.96 bits per heavy atom. The number of methoxy groups -OCH3 is 1. The van der Waals surface area contributed by atoms with Gasteiger partial charge in [0.2, 0.25) is 0 Å². The molecule has 1 aliphatic rings. The summed E-state index contributed by atoms with van der Waals surface area (Å²) in [5, 5.41) is 19.8. The van der Waals surface area contributed by atoms with Gasteiger partial charge in [0.25, 0.3) is 0 Å². The minimum Gasteiger partial charge on any atom is -0.497 e. The van der Waals surface area contributed by atoms with E-state index in [0.717, 1.165) is 22.4 Å². The highest BCUT2D eigenvalue weighted by molar-refractivity contribution is 6.31. The Kier molecular flexibility index (Phi) is 5.81. The van der Waals surface area contributed by atoms with E-state index < -0.39 is 24.3 Å². The van der Waals surface area contributed by atoms with E-state index in [2.05, 4.69) is 0 Å². The number of ether oxygens (including phenoxy) is 2. The second-order valence-electron chi connectivity index (χ2n) is 6.45. The topological polar surface area (TPSA) is 76.0 Å². The molecule has 1 fully saturated rings. The van der Waals surface area contributed by atoms with Crippen LogP contribution in [0.25, 0.3) is 0 Å². The van der Waals surface area contributed by atoms with Gasteiger partial charge >= 0.3 is 5.97 Å². The quantitative estimate of drug-likeness (QED) is 0.833. The standard InChI is InChI=1S/C20H21ClO5/c1-25-16-5-2-12(3-6-16)8-14-9-13(4-7-17(14)21)18-10-15(22)11-19(26-18)20(23)24/h2-7,9,15,18-19,22H,8,10-11H2,1H3,(H,23,24)/t15?,18-,19?/m1/s1. The van der Waals surface area contributed by atoms with Crippen LogP contribution in [0.5, 0.6) is 5.75 Å². The molecule has 1 heterocycles. The van der Waals surface area contributed by atoms with Crippen molar-refractivity contribution in [3.8, 4) is 5.75 Å². The summed E-state index contributed by atoms with van der Waals surface area (Å²) < 4.78 is 10.8. The molecule has 0 bridgehead atoms. The van der Waals surface area contributed by atoms with Gasteiger partial charge in [-0.15, -0.1) is 0 Å². The lowest BCUT2D eigenvalue weighted by Crippen LogP contribution is -2.36. The van der Waals surface area contributed by atoms with Gasteiger partial charge in [-0.2, -0.15) is 0 Å². The summed E-state index contributed by atoms with van der Waals surface area (Å²) in [6.07, 6.45) is -1.05. The van der Waals surface area contributed by atoms with Crippen molar-refractivity contribution < 1.29 is 24.5 Å². The second kappa shape index (κ2) is 8.08. The predicted octanol–water partition coefficient (Wildman–Crippen LogP) is 3.61. The van der Waals surface area contributed by atoms with E-state index in [-0.39, 0.29) is 6.42 Å². The van der Waals surface area contributed by atoms with Crippen molar-refractivity contribution in [2.45, 2.75) is 37.6 Å². The summed E-state index contributed by atoms with van der Waals surface area (Å²) in [7, 11) is 1.62. The van der Waals surface area contributed by atoms with Gasteiger partial charge in [0, 0.05) is 17.9 Å². The van der Waals surface area contributed by atoms with Crippen LogP contribution < -0.4 is 4.74 Å². The van der Waals surface area contributed by atoms with Crippen LogP contribution >= 0.6 is 11.6 Å². The SMILES string of the molecule is COc1ccc(Cc2cc([C@H]3CC(O)CC(C(=O)O)O3)ccc2Cl)cc1. The zero-order chi connectivity index (χ0) is 18.7. The van der Waals surface area contributed by atoms with E-state index in [1.807, 2.05) is 36.4 Å². The third-order valence-electron chi connectivity index (χ3n) is 4.57. The summed E-state index contributed by atoms with van der Waals surface area (Å²) in [6, 6.07) is 13.3. The maximum atomic E-state index is 11.2. The number of halogens is 1. The van der Waals surface area contributed by atoms with E-state index in [0.29, 0.717) is 17.9 Å². The molecule has 1 aliphatic heterocycles. The molecule has 2 aromatic rings. The van der Waals surface area contributed by atoms with E-state index in [1.165, 1.54) is 0 Å². The van der Waals surface area contributed by atoms with Gasteiger partial charge in [-0.1, -0.05) is 35.9 Å². The van der Waals surface area contributed by atoms with Gasteiger partial charge in [0.1, 0.15) is 5.75 Å². The Balaban J connectivity index is 1.81. The lowest BCUT2D eigenvalue weighted by atomic mass is 9.94. The molecule has 3 rings (SSSR count). The molecule has 5 nitrogen and oxygen atoms in total. The molecule has 0 saturated carbocycles. The van der Waals surface area contributed by atoms with E-state index in [4.69, 9.17) is 21.1 Å². The van der Waals surface area contributed by atoms with Gasteiger partial charge in [-0.25, -0.2) is 4.79 Å². The Bertz CT molecular complexity index is 774. The molecule has 0 radical (unpaired) electrons. The number of carboxylic acids is 1. The first-order valence-corrected chi connectivity index (χ1v) is 8.81. The van der Waals surface area contributed by atoms with Crippen LogP contribution in [-0.4, -0.2) is 35.5 Å². The number of hydrogen-bond acceptors (Lipinski definition) is 4. The zero-order valence-corrected chi connectivity index (χ0v) is 15.1. The first kappa shape index (κ1) is 18.7. The minimum atomic E-state index is -1.05. The van der Waals surface area contributed by atoms with Crippen molar-refractivity contribution in [3.63, 3.8) is 0 Å². The predicted molar refractivity (Wildman–Crippen MR) is 97.7 cm³/mol. The second-order valence-corrected chi connectivity index (χ2v) is 6.86. The lowest BCUT2D eigenvalue weighted by molar-refractivity contribution is -0.166. The fraction of sp³-hybridized carbons (Fsp3) is 0.350. The van der Waals surface area contributed by atoms with E-state index in [9.17, 15) is 15.0 Å². The van der Waals surface area contributed by atoms with Gasteiger partial charge < -0.3 is 19.7 Å². The van der Waals surface area contributed by atoms with Crippen LogP contribution in [0.1, 0.15) is 35.6 Å². The molecular formula is C20H21ClO5. The van der Waals surface area contributed by atoms with Crippen LogP contribution in [0, 0.1) is 0 Å². The first-order valence-electron chi connectivity index (χ1n) is 8.44. The zero-order valence-electron chi connectivity index (χ0n) is 14.4. The number of aliphatic carboxylic acids is 1. The summed E-state index contributed by atoms with van der Waals surface area (Å²) >= 11 is 6.34. The van der Waals surface area contributed by atoms with Crippen molar-refractivity contribution >= 4 is 17.6 Å². The average Bonchev–Trinajstić information content (AvgIpc) is 2.63. The Labute approximate surface area is 157 Å². The highest BCUT2D eigenvalue weighted by Gasteiger charge is 2.33. The molecule has 138 valence electrons. The van der Waals surface area contributed by atoms with Gasteiger partial charge in [0.05, 0.1) is 19.3 Å². The Morgan fingerprint density at radius 1 is 1.23 bits per heavy atom. The van der Waals surface area contributed by atoms with Gasteiger partial charge in [-0.05, 0) is 41.3 Å². The molecule has 2 unspecified atom stereocenters. The van der Waals surface area contributed by atoms with Crippen molar-refractivity contribution in [2.24, 2.45) is 0 Å². The Hall–Kier alpha value is -2.08. The summed E-state index contributed by atoms with van der Waals surface area (Å²) in [5.74, 6) is -0.265. The molecule has 0 spiro atoms. The lowest BCUT2D eigenvalue weighted by Gasteiger charge is -2.31. The van der Waals surface area contributed by atoms with Gasteiger partial charge in [0.15, 0.2) is 6.10 Å². The largest absolute Gasteiger partial charge is 0.497 e. The Morgan fingerprint density at radius 3 is 2.62 bits per heavy atom. The molecule has 3 atom stereocenters. The molecule has 6 heteroatoms. The average molecular weight is 377 g/mol. The number of carbonyl (C=O) groups is 1. The smallest absolute Gasteiger partial charge is 0.332 e. The third kappa shape index (κ3) is 4.36. The fourth-order valence-electron chi connectivity index (χ4n) is 3.17. The molecule has 26 heavy (non-hydrogen) atoms. The molecule has 2 aromatic carbocycles. The van der Waals surface area contributed by atoms with Crippen molar-refractivity contribution in [1.82, 2.24) is 0 Å². The first-order chi connectivity index (χ1) is 12.5. The molecule has 0 amide bonds. The number of benzene rings is 2. The van der Waals surface area contributed by atoms with Crippen molar-refractivity contribution in [1.29, 1.82) is 0 Å². The van der Waals surface area contributed by atoms with Crippen molar-refractivity contribution in [3.05, 3.63) is 64.2 Å². The molecule has 2 N–H and O–H groups in total. The molecule has 1 saturated heterocycles. The fourth-order valence-corrected chi connectivity index (χ4v) is 3.35. The van der Waals surface area contributed by atoms with Crippen LogP contribution in [0.4, 0.5) is 0 Å². The van der Waals surface area contributed by atoms with E-state index >= 15 is 0 Å². The highest BCUT2D eigenvalue weighted by atomic mass is 35.5. The van der Waals surface area contributed by atoms with E-state index in [1.54, 1.807) is 13.2 Å². The third-order valence-corrected chi connectivity index (χ3v) is 4.94. The molecular weight excluding hydrogens is 356 g/mol. The van der Waals surface area contributed by atoms with Gasteiger partial charge in [-0.3, -0.25) is 0 Å². The summed E-state index contributed by atoms with van der Waals surface area (Å²) in [4.78, 5) is 11.2. The number of aliphatic hydroxyl groups excluding tert-OH is 1. The summed E-state index contributed by atoms with van der Waals surface area (Å²) in [6.45, 7) is 0. The minimum absolute atomic E-state index is 0.109. The monoisotopic (exact) mass is 376 g/mol. The van der Waals surface area contributed by atoms with Crippen molar-refractivity contribution in [2.75, 3.05) is 7.11 Å². The van der Waals surface area contributed by atoms with Crippen LogP contribution in [0.3, 0.4) is 0 Å². The maximum absolute atomic E-state index is 11.2. The number of rotatable bonds is 5. The molecule has 0 aromatic heterocycles. The normalized spacial score (nSPS) is 22.8. The summed E-state index contributed by atoms with van der Waals surface area (Å²) in [5.41, 5.74) is 2.82. The van der Waals surface area contributed by atoms with Crippen LogP contribution in [0.15, 0.2) is 42.5 Å². The number of aliphatic hydroxyl groups is 1. The number of carboxylic acid groups (broad SMARTS) is 1. The maximum Gasteiger partial charge on any atom is 0.332 e.